The van der Waals surface area contributed by atoms with E-state index < -0.39 is 20.6 Å². The van der Waals surface area contributed by atoms with Crippen molar-refractivity contribution >= 4 is 43.7 Å². The zero-order chi connectivity index (χ0) is 18.1. The van der Waals surface area contributed by atoms with E-state index in [4.69, 9.17) is 0 Å². The van der Waals surface area contributed by atoms with Gasteiger partial charge in [-0.3, -0.25) is 0 Å². The Bertz CT molecular complexity index is 955. The number of halogens is 2. The van der Waals surface area contributed by atoms with Crippen molar-refractivity contribution in [1.82, 2.24) is 0 Å². The molecule has 0 N–H and O–H groups in total. The summed E-state index contributed by atoms with van der Waals surface area (Å²) in [7, 11) is 0. The van der Waals surface area contributed by atoms with Crippen molar-refractivity contribution in [2.45, 2.75) is 13.4 Å². The largest absolute Gasteiger partial charge is 0.147 e. The van der Waals surface area contributed by atoms with Crippen molar-refractivity contribution in [2.75, 3.05) is 0 Å². The molecule has 3 aromatic carbocycles. The zero-order valence-corrected chi connectivity index (χ0v) is 22.8. The summed E-state index contributed by atoms with van der Waals surface area (Å²) in [6, 6.07) is 30.8. The summed E-state index contributed by atoms with van der Waals surface area (Å²) in [5, 5.41) is 0. The van der Waals surface area contributed by atoms with E-state index in [-0.39, 0.29) is 31.5 Å². The van der Waals surface area contributed by atoms with E-state index in [0.717, 1.165) is 7.35 Å². The molecule has 2 atom stereocenters. The van der Waals surface area contributed by atoms with Crippen LogP contribution in [-0.2, 0) is 26.6 Å². The Morgan fingerprint density at radius 1 is 0.621 bits per heavy atom. The second-order valence-corrected chi connectivity index (χ2v) is 29.2. The van der Waals surface area contributed by atoms with E-state index >= 15 is 0 Å². The monoisotopic (exact) mass is 603 g/mol. The van der Waals surface area contributed by atoms with Gasteiger partial charge in [-0.15, -0.1) is 24.8 Å². The molecule has 2 aliphatic rings. The molecule has 0 radical (unpaired) electrons. The molecule has 2 unspecified atom stereocenters. The second-order valence-electron chi connectivity index (χ2n) is 7.49. The maximum Gasteiger partial charge on any atom is -0.147 e. The number of fused-ring (bicyclic) bond motifs is 2. The third kappa shape index (κ3) is 4.61. The Kier molecular flexibility index (Phi) is 7.92. The van der Waals surface area contributed by atoms with E-state index in [2.05, 4.69) is 103 Å². The number of hydrogen-bond donors (Lipinski definition) is 0. The molecule has 3 aromatic rings. The normalized spacial score (nSPS) is 18.2. The van der Waals surface area contributed by atoms with Gasteiger partial charge < -0.3 is 0 Å². The van der Waals surface area contributed by atoms with Crippen LogP contribution >= 0.6 is 24.8 Å². The molecule has 29 heavy (non-hydrogen) atoms. The van der Waals surface area contributed by atoms with Crippen molar-refractivity contribution in [2.24, 2.45) is 0 Å². The quantitative estimate of drug-likeness (QED) is 0.302. The first kappa shape index (κ1) is 22.5. The smallest absolute Gasteiger partial charge is 0.147 e. The first-order valence-corrected chi connectivity index (χ1v) is 23.3. The van der Waals surface area contributed by atoms with Gasteiger partial charge >= 0.3 is 172 Å². The van der Waals surface area contributed by atoms with Crippen molar-refractivity contribution in [3.05, 3.63) is 119 Å². The van der Waals surface area contributed by atoms with Gasteiger partial charge in [0.05, 0.1) is 0 Å². The van der Waals surface area contributed by atoms with Crippen molar-refractivity contribution in [3.8, 4) is 0 Å². The minimum Gasteiger partial charge on any atom is -0.147 e. The average Bonchev–Trinajstić information content (AvgIpc) is 3.34. The standard InChI is InChI=1S/2C9H7.C7H9Si.2ClH.Hf/c2*1-2-5-9-7-3-6-8(9)4-1;8-6-7-4-2-1-3-5-7;;;/h2*1-7H;1-5H,6,8H2;2*1H;. The Morgan fingerprint density at radius 3 is 1.66 bits per heavy atom. The number of hydrogen-bond acceptors (Lipinski definition) is 0. The molecule has 0 fully saturated rings. The summed E-state index contributed by atoms with van der Waals surface area (Å²) in [5.41, 5.74) is 7.73. The van der Waals surface area contributed by atoms with Crippen LogP contribution in [0.3, 0.4) is 0 Å². The summed E-state index contributed by atoms with van der Waals surface area (Å²) in [4.78, 5) is 0. The Hall–Kier alpha value is -1.19. The van der Waals surface area contributed by atoms with Crippen LogP contribution in [0.15, 0.2) is 91.0 Å². The maximum atomic E-state index is 2.57. The minimum atomic E-state index is -1.94. The molecule has 0 nitrogen and oxygen atoms in total. The van der Waals surface area contributed by atoms with Crippen LogP contribution in [0.2, 0.25) is 0 Å². The molecule has 0 aliphatic heterocycles. The van der Waals surface area contributed by atoms with Gasteiger partial charge in [-0.1, -0.05) is 0 Å². The zero-order valence-electron chi connectivity index (χ0n) is 16.2. The Labute approximate surface area is 195 Å². The van der Waals surface area contributed by atoms with Crippen LogP contribution in [0.1, 0.15) is 35.2 Å². The molecular formula is C25H25Cl2HfSi. The minimum absolute atomic E-state index is 0. The van der Waals surface area contributed by atoms with Crippen molar-refractivity contribution in [1.29, 1.82) is 0 Å². The van der Waals surface area contributed by atoms with Gasteiger partial charge in [-0.05, 0) is 0 Å². The molecule has 5 rings (SSSR count). The first-order valence-electron chi connectivity index (χ1n) is 9.84. The van der Waals surface area contributed by atoms with Gasteiger partial charge in [-0.25, -0.2) is 0 Å². The summed E-state index contributed by atoms with van der Waals surface area (Å²) in [5.74, 6) is 0. The van der Waals surface area contributed by atoms with E-state index in [1.54, 1.807) is 16.7 Å². The van der Waals surface area contributed by atoms with E-state index in [1.165, 1.54) is 17.2 Å². The number of rotatable bonds is 5. The summed E-state index contributed by atoms with van der Waals surface area (Å²) >= 11 is -1.94. The third-order valence-electron chi connectivity index (χ3n) is 5.94. The molecule has 0 spiro atoms. The predicted molar refractivity (Wildman–Crippen MR) is 130 cm³/mol. The fraction of sp³-hybridized carbons (Fsp3) is 0.120. The SMILES string of the molecule is C1=C[CH]([Hf]([SiH2]Cc2ccccc2)[CH]2C=Cc3ccccc32)c2ccccc21.Cl.Cl. The van der Waals surface area contributed by atoms with Gasteiger partial charge in [-0.2, -0.15) is 0 Å². The molecule has 0 heterocycles. The third-order valence-corrected chi connectivity index (χ3v) is 32.8. The predicted octanol–water partition coefficient (Wildman–Crippen LogP) is 6.27. The van der Waals surface area contributed by atoms with E-state index in [1.807, 2.05) is 0 Å². The van der Waals surface area contributed by atoms with Crippen molar-refractivity contribution < 1.29 is 20.6 Å². The maximum absolute atomic E-state index is 2.57. The molecule has 4 heteroatoms. The van der Waals surface area contributed by atoms with Crippen LogP contribution in [0.25, 0.3) is 12.2 Å². The average molecular weight is 603 g/mol. The van der Waals surface area contributed by atoms with E-state index in [9.17, 15) is 0 Å². The van der Waals surface area contributed by atoms with Gasteiger partial charge in [0.25, 0.3) is 0 Å². The molecule has 0 saturated heterocycles. The van der Waals surface area contributed by atoms with Crippen LogP contribution in [0, 0.1) is 0 Å². The number of benzene rings is 3. The fourth-order valence-electron chi connectivity index (χ4n) is 4.58. The van der Waals surface area contributed by atoms with E-state index in [0.29, 0.717) is 0 Å². The van der Waals surface area contributed by atoms with Crippen molar-refractivity contribution in [3.63, 3.8) is 0 Å². The topological polar surface area (TPSA) is 0 Å². The second kappa shape index (κ2) is 10.2. The van der Waals surface area contributed by atoms with Gasteiger partial charge in [0.1, 0.15) is 0 Å². The summed E-state index contributed by atoms with van der Waals surface area (Å²) in [6.07, 6.45) is 9.93. The Morgan fingerprint density at radius 2 is 1.10 bits per heavy atom. The molecular weight excluding hydrogens is 578 g/mol. The molecule has 147 valence electrons. The number of allylic oxidation sites excluding steroid dienone is 2. The van der Waals surface area contributed by atoms with Crippen LogP contribution in [0.4, 0.5) is 0 Å². The van der Waals surface area contributed by atoms with Crippen LogP contribution < -0.4 is 0 Å². The summed E-state index contributed by atoms with van der Waals surface area (Å²) < 4.78 is 1.53. The van der Waals surface area contributed by atoms with Gasteiger partial charge in [0.2, 0.25) is 0 Å². The molecule has 0 bridgehead atoms. The first-order chi connectivity index (χ1) is 13.4. The van der Waals surface area contributed by atoms with Crippen LogP contribution in [-0.4, -0.2) is 6.71 Å². The Balaban J connectivity index is 0.00000120. The fourth-order valence-corrected chi connectivity index (χ4v) is 33.5. The molecule has 0 aromatic heterocycles. The van der Waals surface area contributed by atoms with Crippen LogP contribution in [0.5, 0.6) is 0 Å². The molecule has 2 aliphatic carbocycles. The van der Waals surface area contributed by atoms with Gasteiger partial charge in [0.15, 0.2) is 0 Å². The van der Waals surface area contributed by atoms with Gasteiger partial charge in [0, 0.05) is 0 Å². The molecule has 0 amide bonds. The summed E-state index contributed by atoms with van der Waals surface area (Å²) in [6.45, 7) is -0.100. The molecule has 0 saturated carbocycles.